The van der Waals surface area contributed by atoms with Gasteiger partial charge in [-0.15, -0.1) is 0 Å². The number of unbranched alkanes of at least 4 members (excludes halogenated alkanes) is 1. The van der Waals surface area contributed by atoms with Crippen LogP contribution in [0.4, 0.5) is 0 Å². The largest absolute Gasteiger partial charge is 0.299 e. The monoisotopic (exact) mass is 227 g/mol. The van der Waals surface area contributed by atoms with Crippen LogP contribution in [0.5, 0.6) is 0 Å². The Labute approximate surface area is 96.5 Å². The molecule has 0 fully saturated rings. The molecule has 4 heteroatoms. The minimum Gasteiger partial charge on any atom is -0.299 e. The maximum absolute atomic E-state index is 5.63. The van der Waals surface area contributed by atoms with Gasteiger partial charge in [0, 0.05) is 24.5 Å². The summed E-state index contributed by atoms with van der Waals surface area (Å²) in [5, 5.41) is 0.315. The first-order valence-corrected chi connectivity index (χ1v) is 5.82. The van der Waals surface area contributed by atoms with Crippen LogP contribution < -0.4 is 0 Å². The van der Waals surface area contributed by atoms with Crippen LogP contribution in [0.15, 0.2) is 12.4 Å². The van der Waals surface area contributed by atoms with E-state index in [4.69, 9.17) is 11.6 Å². The van der Waals surface area contributed by atoms with Gasteiger partial charge in [-0.3, -0.25) is 4.90 Å². The predicted octanol–water partition coefficient (Wildman–Crippen LogP) is 2.75. The average Bonchev–Trinajstić information content (AvgIpc) is 2.27. The van der Waals surface area contributed by atoms with Crippen molar-refractivity contribution >= 4 is 11.6 Å². The summed E-state index contributed by atoms with van der Waals surface area (Å²) in [6, 6.07) is 0. The van der Waals surface area contributed by atoms with E-state index in [1.54, 1.807) is 12.4 Å². The fourth-order valence-electron chi connectivity index (χ4n) is 1.41. The van der Waals surface area contributed by atoms with Crippen molar-refractivity contribution in [1.29, 1.82) is 0 Å². The highest BCUT2D eigenvalue weighted by atomic mass is 35.5. The minimum atomic E-state index is 0.315. The maximum atomic E-state index is 5.63. The van der Waals surface area contributed by atoms with Crippen LogP contribution in [-0.4, -0.2) is 28.0 Å². The lowest BCUT2D eigenvalue weighted by Crippen LogP contribution is -2.24. The van der Waals surface area contributed by atoms with E-state index >= 15 is 0 Å². The van der Waals surface area contributed by atoms with Crippen molar-refractivity contribution in [3.05, 3.63) is 23.2 Å². The van der Waals surface area contributed by atoms with Crippen LogP contribution in [0.1, 0.15) is 32.3 Å². The first-order chi connectivity index (χ1) is 7.26. The van der Waals surface area contributed by atoms with Crippen LogP contribution in [0, 0.1) is 0 Å². The third kappa shape index (κ3) is 4.58. The van der Waals surface area contributed by atoms with Crippen LogP contribution in [0.25, 0.3) is 0 Å². The number of nitrogens with zero attached hydrogens (tertiary/aromatic N) is 3. The SMILES string of the molecule is CCCCN(CC)Cc1cnc(Cl)nc1. The van der Waals surface area contributed by atoms with Crippen molar-refractivity contribution in [2.24, 2.45) is 0 Å². The molecule has 1 aromatic rings. The van der Waals surface area contributed by atoms with Crippen molar-refractivity contribution in [2.45, 2.75) is 33.2 Å². The van der Waals surface area contributed by atoms with Gasteiger partial charge >= 0.3 is 0 Å². The van der Waals surface area contributed by atoms with Gasteiger partial charge in [0.1, 0.15) is 0 Å². The number of aromatic nitrogens is 2. The van der Waals surface area contributed by atoms with Gasteiger partial charge in [-0.05, 0) is 31.1 Å². The van der Waals surface area contributed by atoms with E-state index in [1.807, 2.05) is 0 Å². The second-order valence-corrected chi connectivity index (χ2v) is 3.92. The number of halogens is 1. The molecule has 0 aromatic carbocycles. The molecule has 0 bridgehead atoms. The Bertz CT molecular complexity index is 274. The second-order valence-electron chi connectivity index (χ2n) is 3.58. The summed E-state index contributed by atoms with van der Waals surface area (Å²) in [6.07, 6.45) is 6.06. The fraction of sp³-hybridized carbons (Fsp3) is 0.636. The topological polar surface area (TPSA) is 29.0 Å². The molecule has 1 rings (SSSR count). The van der Waals surface area contributed by atoms with Gasteiger partial charge in [0.05, 0.1) is 0 Å². The van der Waals surface area contributed by atoms with E-state index in [0.29, 0.717) is 5.28 Å². The molecule has 0 unspecified atom stereocenters. The van der Waals surface area contributed by atoms with Crippen LogP contribution in [-0.2, 0) is 6.54 Å². The molecule has 0 amide bonds. The summed E-state index contributed by atoms with van der Waals surface area (Å²) >= 11 is 5.63. The Hall–Kier alpha value is -0.670. The molecule has 0 atom stereocenters. The molecular weight excluding hydrogens is 210 g/mol. The van der Waals surface area contributed by atoms with Crippen molar-refractivity contribution in [1.82, 2.24) is 14.9 Å². The lowest BCUT2D eigenvalue weighted by molar-refractivity contribution is 0.275. The standard InChI is InChI=1S/C11H18ClN3/c1-3-5-6-15(4-2)9-10-7-13-11(12)14-8-10/h7-8H,3-6,9H2,1-2H3. The summed E-state index contributed by atoms with van der Waals surface area (Å²) in [5.41, 5.74) is 1.12. The molecule has 0 aliphatic carbocycles. The van der Waals surface area contributed by atoms with Crippen molar-refractivity contribution in [3.63, 3.8) is 0 Å². The summed E-state index contributed by atoms with van der Waals surface area (Å²) in [6.45, 7) is 7.48. The molecule has 0 radical (unpaired) electrons. The molecule has 0 saturated heterocycles. The van der Waals surface area contributed by atoms with Crippen molar-refractivity contribution in [2.75, 3.05) is 13.1 Å². The smallest absolute Gasteiger partial charge is 0.222 e. The van der Waals surface area contributed by atoms with Gasteiger partial charge in [0.2, 0.25) is 5.28 Å². The molecule has 1 aromatic heterocycles. The van der Waals surface area contributed by atoms with E-state index in [1.165, 1.54) is 12.8 Å². The Balaban J connectivity index is 2.47. The second kappa shape index (κ2) is 6.75. The lowest BCUT2D eigenvalue weighted by atomic mass is 10.2. The van der Waals surface area contributed by atoms with E-state index in [-0.39, 0.29) is 0 Å². The van der Waals surface area contributed by atoms with E-state index in [0.717, 1.165) is 25.2 Å². The highest BCUT2D eigenvalue weighted by molar-refractivity contribution is 6.28. The maximum Gasteiger partial charge on any atom is 0.222 e. The third-order valence-corrected chi connectivity index (χ3v) is 2.55. The zero-order valence-corrected chi connectivity index (χ0v) is 10.2. The molecule has 0 spiro atoms. The van der Waals surface area contributed by atoms with Gasteiger partial charge in [-0.2, -0.15) is 0 Å². The minimum absolute atomic E-state index is 0.315. The third-order valence-electron chi connectivity index (χ3n) is 2.36. The molecule has 3 nitrogen and oxygen atoms in total. The molecule has 1 heterocycles. The summed E-state index contributed by atoms with van der Waals surface area (Å²) in [5.74, 6) is 0. The van der Waals surface area contributed by atoms with Gasteiger partial charge in [0.15, 0.2) is 0 Å². The van der Waals surface area contributed by atoms with Crippen LogP contribution in [0.3, 0.4) is 0 Å². The molecule has 0 saturated carbocycles. The van der Waals surface area contributed by atoms with Crippen molar-refractivity contribution < 1.29 is 0 Å². The normalized spacial score (nSPS) is 10.9. The van der Waals surface area contributed by atoms with Crippen molar-refractivity contribution in [3.8, 4) is 0 Å². The average molecular weight is 228 g/mol. The number of hydrogen-bond donors (Lipinski definition) is 0. The highest BCUT2D eigenvalue weighted by Gasteiger charge is 2.03. The van der Waals surface area contributed by atoms with Gasteiger partial charge in [-0.25, -0.2) is 9.97 Å². The zero-order valence-electron chi connectivity index (χ0n) is 9.41. The Morgan fingerprint density at radius 3 is 2.47 bits per heavy atom. The zero-order chi connectivity index (χ0) is 11.1. The number of rotatable bonds is 6. The van der Waals surface area contributed by atoms with E-state index in [2.05, 4.69) is 28.7 Å². The van der Waals surface area contributed by atoms with Gasteiger partial charge < -0.3 is 0 Å². The molecule has 0 N–H and O–H groups in total. The summed E-state index contributed by atoms with van der Waals surface area (Å²) in [4.78, 5) is 10.3. The fourth-order valence-corrected chi connectivity index (χ4v) is 1.51. The van der Waals surface area contributed by atoms with Crippen LogP contribution in [0.2, 0.25) is 5.28 Å². The molecular formula is C11H18ClN3. The van der Waals surface area contributed by atoms with E-state index in [9.17, 15) is 0 Å². The van der Waals surface area contributed by atoms with Gasteiger partial charge in [-0.1, -0.05) is 20.3 Å². The Kier molecular flexibility index (Phi) is 5.58. The molecule has 15 heavy (non-hydrogen) atoms. The Morgan fingerprint density at radius 1 is 1.27 bits per heavy atom. The summed E-state index contributed by atoms with van der Waals surface area (Å²) in [7, 11) is 0. The molecule has 0 aliphatic heterocycles. The first-order valence-electron chi connectivity index (χ1n) is 5.45. The molecule has 84 valence electrons. The molecule has 0 aliphatic rings. The predicted molar refractivity (Wildman–Crippen MR) is 62.9 cm³/mol. The van der Waals surface area contributed by atoms with Gasteiger partial charge in [0.25, 0.3) is 0 Å². The van der Waals surface area contributed by atoms with Crippen LogP contribution >= 0.6 is 11.6 Å². The van der Waals surface area contributed by atoms with E-state index < -0.39 is 0 Å². The summed E-state index contributed by atoms with van der Waals surface area (Å²) < 4.78 is 0. The quantitative estimate of drug-likeness (QED) is 0.700. The Morgan fingerprint density at radius 2 is 1.93 bits per heavy atom. The number of hydrogen-bond acceptors (Lipinski definition) is 3. The first kappa shape index (κ1) is 12.4. The highest BCUT2D eigenvalue weighted by Crippen LogP contribution is 2.05. The lowest BCUT2D eigenvalue weighted by Gasteiger charge is -2.19.